The van der Waals surface area contributed by atoms with E-state index in [0.717, 1.165) is 47.9 Å². The minimum atomic E-state index is -0.306. The van der Waals surface area contributed by atoms with Crippen LogP contribution in [-0.4, -0.2) is 69.2 Å². The quantitative estimate of drug-likeness (QED) is 0.505. The fourth-order valence-corrected chi connectivity index (χ4v) is 5.94. The summed E-state index contributed by atoms with van der Waals surface area (Å²) in [5.74, 6) is 1.43. The molecule has 1 atom stereocenters. The Balaban J connectivity index is 1.24. The van der Waals surface area contributed by atoms with Crippen LogP contribution in [0.25, 0.3) is 0 Å². The number of para-hydroxylation sites is 2. The highest BCUT2D eigenvalue weighted by Crippen LogP contribution is 2.40. The molecule has 0 saturated carbocycles. The Hall–Kier alpha value is -3.79. The topological polar surface area (TPSA) is 93.2 Å². The fraction of sp³-hybridized carbons (Fsp3) is 0.370. The van der Waals surface area contributed by atoms with Crippen molar-refractivity contribution in [2.45, 2.75) is 18.8 Å². The van der Waals surface area contributed by atoms with Crippen molar-refractivity contribution in [1.29, 1.82) is 0 Å². The fourth-order valence-electron chi connectivity index (χ4n) is 4.91. The maximum Gasteiger partial charge on any atom is 0.257 e. The van der Waals surface area contributed by atoms with Crippen LogP contribution in [0, 0.1) is 0 Å². The van der Waals surface area contributed by atoms with Gasteiger partial charge in [-0.2, -0.15) is 0 Å². The molecule has 1 unspecified atom stereocenters. The van der Waals surface area contributed by atoms with Gasteiger partial charge in [-0.1, -0.05) is 12.1 Å². The number of hydrogen-bond donors (Lipinski definition) is 1. The predicted octanol–water partition coefficient (Wildman–Crippen LogP) is 3.80. The molecule has 2 aromatic carbocycles. The second kappa shape index (κ2) is 10.7. The predicted molar refractivity (Wildman–Crippen MR) is 142 cm³/mol. The number of piperazine rings is 1. The molecule has 194 valence electrons. The van der Waals surface area contributed by atoms with Gasteiger partial charge in [0, 0.05) is 42.7 Å². The molecule has 0 spiro atoms. The molecule has 9 nitrogen and oxygen atoms in total. The number of carbonyl (C=O) groups is 2. The highest BCUT2D eigenvalue weighted by molar-refractivity contribution is 7.16. The number of rotatable bonds is 7. The van der Waals surface area contributed by atoms with Crippen LogP contribution in [0.5, 0.6) is 17.2 Å². The first-order chi connectivity index (χ1) is 18.0. The van der Waals surface area contributed by atoms with Gasteiger partial charge in [-0.05, 0) is 37.1 Å². The van der Waals surface area contributed by atoms with E-state index in [4.69, 9.17) is 14.2 Å². The van der Waals surface area contributed by atoms with E-state index >= 15 is 0 Å². The lowest BCUT2D eigenvalue weighted by Crippen LogP contribution is -2.50. The lowest BCUT2D eigenvalue weighted by atomic mass is 10.1. The van der Waals surface area contributed by atoms with Gasteiger partial charge >= 0.3 is 0 Å². The number of thiazole rings is 1. The maximum atomic E-state index is 13.5. The van der Waals surface area contributed by atoms with E-state index in [9.17, 15) is 9.59 Å². The molecule has 0 radical (unpaired) electrons. The Morgan fingerprint density at radius 3 is 2.35 bits per heavy atom. The number of carbonyl (C=O) groups excluding carboxylic acids is 2. The second-order valence-electron chi connectivity index (χ2n) is 8.96. The molecule has 5 rings (SSSR count). The van der Waals surface area contributed by atoms with Gasteiger partial charge in [-0.25, -0.2) is 4.98 Å². The molecular weight excluding hydrogens is 492 g/mol. The van der Waals surface area contributed by atoms with Crippen molar-refractivity contribution in [1.82, 2.24) is 9.88 Å². The standard InChI is InChI=1S/C27H30N4O5S/c1-34-18-14-17(15-19(16-18)35-2)25(32)29-27-28-24-20(8-9-23(24)37-27)26(33)31-12-10-30(11-13-31)21-6-4-5-7-22(21)36-3/h4-7,14-16,20H,8-13H2,1-3H3,(H,28,29,32). The number of anilines is 2. The molecule has 2 heterocycles. The number of nitrogens with one attached hydrogen (secondary N) is 1. The minimum Gasteiger partial charge on any atom is -0.497 e. The zero-order valence-corrected chi connectivity index (χ0v) is 22.0. The molecule has 1 aromatic heterocycles. The van der Waals surface area contributed by atoms with Gasteiger partial charge in [-0.3, -0.25) is 14.9 Å². The average molecular weight is 523 g/mol. The third-order valence-electron chi connectivity index (χ3n) is 6.87. The maximum absolute atomic E-state index is 13.5. The summed E-state index contributed by atoms with van der Waals surface area (Å²) in [6.07, 6.45) is 1.54. The summed E-state index contributed by atoms with van der Waals surface area (Å²) in [5.41, 5.74) is 2.25. The SMILES string of the molecule is COc1cc(OC)cc(C(=O)Nc2nc3c(s2)CCC3C(=O)N2CCN(c3ccccc3OC)CC2)c1. The number of amides is 2. The first-order valence-corrected chi connectivity index (χ1v) is 13.0. The highest BCUT2D eigenvalue weighted by atomic mass is 32.1. The molecule has 2 aliphatic rings. The van der Waals surface area contributed by atoms with Crippen LogP contribution >= 0.6 is 11.3 Å². The molecule has 1 N–H and O–H groups in total. The van der Waals surface area contributed by atoms with Crippen molar-refractivity contribution < 1.29 is 23.8 Å². The summed E-state index contributed by atoms with van der Waals surface area (Å²) in [4.78, 5) is 36.3. The molecule has 37 heavy (non-hydrogen) atoms. The zero-order chi connectivity index (χ0) is 25.9. The number of aromatic nitrogens is 1. The van der Waals surface area contributed by atoms with Gasteiger partial charge in [0.1, 0.15) is 17.2 Å². The van der Waals surface area contributed by atoms with Gasteiger partial charge in [0.2, 0.25) is 5.91 Å². The van der Waals surface area contributed by atoms with Crippen LogP contribution < -0.4 is 24.4 Å². The van der Waals surface area contributed by atoms with Crippen molar-refractivity contribution >= 4 is 34.0 Å². The molecule has 10 heteroatoms. The number of aryl methyl sites for hydroxylation is 1. The van der Waals surface area contributed by atoms with Gasteiger partial charge < -0.3 is 24.0 Å². The third kappa shape index (κ3) is 5.06. The molecule has 1 aliphatic heterocycles. The molecule has 3 aromatic rings. The number of nitrogens with zero attached hydrogens (tertiary/aromatic N) is 3. The summed E-state index contributed by atoms with van der Waals surface area (Å²) < 4.78 is 16.0. The number of methoxy groups -OCH3 is 3. The molecule has 1 saturated heterocycles. The largest absolute Gasteiger partial charge is 0.497 e. The van der Waals surface area contributed by atoms with Gasteiger partial charge in [0.25, 0.3) is 5.91 Å². The highest BCUT2D eigenvalue weighted by Gasteiger charge is 2.36. The van der Waals surface area contributed by atoms with Crippen LogP contribution in [0.4, 0.5) is 10.8 Å². The van der Waals surface area contributed by atoms with E-state index in [1.807, 2.05) is 29.2 Å². The summed E-state index contributed by atoms with van der Waals surface area (Å²) in [5, 5.41) is 3.37. The van der Waals surface area contributed by atoms with E-state index in [-0.39, 0.29) is 17.7 Å². The minimum absolute atomic E-state index is 0.110. The Labute approximate surface area is 220 Å². The normalized spacial score (nSPS) is 16.8. The summed E-state index contributed by atoms with van der Waals surface area (Å²) in [6.45, 7) is 2.78. The van der Waals surface area contributed by atoms with Crippen molar-refractivity contribution in [3.63, 3.8) is 0 Å². The molecule has 0 bridgehead atoms. The van der Waals surface area contributed by atoms with Crippen LogP contribution in [0.1, 0.15) is 33.3 Å². The van der Waals surface area contributed by atoms with Gasteiger partial charge in [0.05, 0.1) is 38.6 Å². The van der Waals surface area contributed by atoms with Crippen molar-refractivity contribution in [2.24, 2.45) is 0 Å². The first-order valence-electron chi connectivity index (χ1n) is 12.2. The van der Waals surface area contributed by atoms with E-state index in [1.165, 1.54) is 25.6 Å². The number of hydrogen-bond acceptors (Lipinski definition) is 8. The smallest absolute Gasteiger partial charge is 0.257 e. The first kappa shape index (κ1) is 24.9. The summed E-state index contributed by atoms with van der Waals surface area (Å²) >= 11 is 1.44. The Kier molecular flexibility index (Phi) is 7.18. The lowest BCUT2D eigenvalue weighted by molar-refractivity contribution is -0.133. The third-order valence-corrected chi connectivity index (χ3v) is 7.91. The lowest BCUT2D eigenvalue weighted by Gasteiger charge is -2.37. The van der Waals surface area contributed by atoms with Crippen LogP contribution in [0.2, 0.25) is 0 Å². The van der Waals surface area contributed by atoms with Crippen molar-refractivity contribution in [3.8, 4) is 17.2 Å². The Bertz CT molecular complexity index is 1280. The van der Waals surface area contributed by atoms with E-state index < -0.39 is 0 Å². The summed E-state index contributed by atoms with van der Waals surface area (Å²) in [7, 11) is 4.75. The van der Waals surface area contributed by atoms with E-state index in [0.29, 0.717) is 35.3 Å². The molecular formula is C27H30N4O5S. The van der Waals surface area contributed by atoms with Crippen molar-refractivity contribution in [2.75, 3.05) is 57.7 Å². The average Bonchev–Trinajstić information content (AvgIpc) is 3.52. The van der Waals surface area contributed by atoms with Crippen molar-refractivity contribution in [3.05, 3.63) is 58.6 Å². The Morgan fingerprint density at radius 1 is 0.973 bits per heavy atom. The van der Waals surface area contributed by atoms with Crippen LogP contribution in [-0.2, 0) is 11.2 Å². The van der Waals surface area contributed by atoms with Crippen LogP contribution in [0.3, 0.4) is 0 Å². The Morgan fingerprint density at radius 2 is 1.68 bits per heavy atom. The second-order valence-corrected chi connectivity index (χ2v) is 10.0. The van der Waals surface area contributed by atoms with Gasteiger partial charge in [-0.15, -0.1) is 11.3 Å². The molecule has 1 aliphatic carbocycles. The molecule has 1 fully saturated rings. The monoisotopic (exact) mass is 522 g/mol. The molecule has 2 amide bonds. The number of ether oxygens (including phenoxy) is 3. The van der Waals surface area contributed by atoms with E-state index in [1.54, 1.807) is 25.3 Å². The number of benzene rings is 2. The number of fused-ring (bicyclic) bond motifs is 1. The summed E-state index contributed by atoms with van der Waals surface area (Å²) in [6, 6.07) is 13.0. The van der Waals surface area contributed by atoms with Gasteiger partial charge in [0.15, 0.2) is 5.13 Å². The van der Waals surface area contributed by atoms with Crippen LogP contribution in [0.15, 0.2) is 42.5 Å². The zero-order valence-electron chi connectivity index (χ0n) is 21.2. The van der Waals surface area contributed by atoms with E-state index in [2.05, 4.69) is 15.2 Å².